The molecule has 0 amide bonds. The molecule has 1 aromatic heterocycles. The largest absolute Gasteiger partial charge is 0.368 e. The first-order valence-electron chi connectivity index (χ1n) is 6.02. The van der Waals surface area contributed by atoms with Crippen molar-refractivity contribution >= 4 is 16.0 Å². The Morgan fingerprint density at radius 1 is 1.26 bits per heavy atom. The van der Waals surface area contributed by atoms with E-state index in [1.54, 1.807) is 0 Å². The Morgan fingerprint density at radius 2 is 1.84 bits per heavy atom. The zero-order chi connectivity index (χ0) is 14.3. The van der Waals surface area contributed by atoms with Gasteiger partial charge >= 0.3 is 0 Å². The van der Waals surface area contributed by atoms with Crippen molar-refractivity contribution in [3.05, 3.63) is 12.4 Å². The van der Waals surface area contributed by atoms with Crippen LogP contribution in [0.5, 0.6) is 0 Å². The summed E-state index contributed by atoms with van der Waals surface area (Å²) >= 11 is 0. The third-order valence-electron chi connectivity index (χ3n) is 3.57. The van der Waals surface area contributed by atoms with Crippen molar-refractivity contribution in [3.8, 4) is 0 Å². The van der Waals surface area contributed by atoms with Crippen LogP contribution >= 0.6 is 0 Å². The van der Waals surface area contributed by atoms with Crippen LogP contribution in [0, 0.1) is 0 Å². The van der Waals surface area contributed by atoms with Gasteiger partial charge in [-0.1, -0.05) is 0 Å². The summed E-state index contributed by atoms with van der Waals surface area (Å²) in [6, 6.07) is 0. The quantitative estimate of drug-likeness (QED) is 0.807. The highest BCUT2D eigenvalue weighted by atomic mass is 32.2. The van der Waals surface area contributed by atoms with E-state index in [9.17, 15) is 8.42 Å². The smallest absolute Gasteiger partial charge is 0.246 e. The van der Waals surface area contributed by atoms with Gasteiger partial charge < -0.3 is 5.73 Å². The van der Waals surface area contributed by atoms with Gasteiger partial charge in [0.15, 0.2) is 0 Å². The predicted molar refractivity (Wildman–Crippen MR) is 71.9 cm³/mol. The monoisotopic (exact) mass is 285 g/mol. The van der Waals surface area contributed by atoms with Crippen LogP contribution in [-0.2, 0) is 10.0 Å². The van der Waals surface area contributed by atoms with E-state index >= 15 is 0 Å². The van der Waals surface area contributed by atoms with Crippen molar-refractivity contribution in [2.24, 2.45) is 0 Å². The molecule has 0 spiro atoms. The maximum Gasteiger partial charge on any atom is 0.246 e. The zero-order valence-corrected chi connectivity index (χ0v) is 12.2. The maximum atomic E-state index is 12.5. The molecule has 7 nitrogen and oxygen atoms in total. The lowest BCUT2D eigenvalue weighted by Gasteiger charge is -2.44. The Kier molecular flexibility index (Phi) is 3.50. The molecule has 1 aliphatic rings. The third-order valence-corrected chi connectivity index (χ3v) is 5.37. The highest BCUT2D eigenvalue weighted by Crippen LogP contribution is 2.24. The van der Waals surface area contributed by atoms with Gasteiger partial charge in [-0.2, -0.15) is 4.31 Å². The average molecular weight is 285 g/mol. The number of nitrogen functional groups attached to an aromatic ring is 1. The molecule has 0 atom stereocenters. The normalized spacial score (nSPS) is 21.4. The number of piperazine rings is 1. The van der Waals surface area contributed by atoms with Crippen LogP contribution in [0.1, 0.15) is 13.8 Å². The molecule has 0 radical (unpaired) electrons. The first-order chi connectivity index (χ1) is 8.73. The maximum absolute atomic E-state index is 12.5. The number of likely N-dealkylation sites (N-methyl/N-ethyl adjacent to an activating group) is 1. The van der Waals surface area contributed by atoms with Gasteiger partial charge in [-0.3, -0.25) is 4.90 Å². The van der Waals surface area contributed by atoms with Gasteiger partial charge in [0.1, 0.15) is 4.90 Å². The average Bonchev–Trinajstić information content (AvgIpc) is 2.33. The van der Waals surface area contributed by atoms with E-state index in [4.69, 9.17) is 5.73 Å². The van der Waals surface area contributed by atoms with Crippen LogP contribution < -0.4 is 5.73 Å². The summed E-state index contributed by atoms with van der Waals surface area (Å²) in [5, 5.41) is 0. The number of nitrogens with zero attached hydrogens (tertiary/aromatic N) is 4. The Hall–Kier alpha value is -1.25. The summed E-state index contributed by atoms with van der Waals surface area (Å²) in [5.41, 5.74) is 5.18. The van der Waals surface area contributed by atoms with Gasteiger partial charge in [0.2, 0.25) is 16.0 Å². The van der Waals surface area contributed by atoms with Crippen LogP contribution in [0.2, 0.25) is 0 Å². The number of hydrogen-bond acceptors (Lipinski definition) is 6. The second-order valence-corrected chi connectivity index (χ2v) is 7.29. The molecule has 1 fully saturated rings. The molecule has 2 heterocycles. The SMILES string of the molecule is CN1CCN(S(=O)(=O)c2cnc(N)nc2)CC1(C)C. The van der Waals surface area contributed by atoms with Crippen LogP contribution in [0.4, 0.5) is 5.95 Å². The number of nitrogens with two attached hydrogens (primary N) is 1. The zero-order valence-electron chi connectivity index (χ0n) is 11.4. The minimum atomic E-state index is -3.55. The molecular weight excluding hydrogens is 266 g/mol. The minimum Gasteiger partial charge on any atom is -0.368 e. The van der Waals surface area contributed by atoms with E-state index in [1.165, 1.54) is 16.7 Å². The van der Waals surface area contributed by atoms with Gasteiger partial charge in [-0.25, -0.2) is 18.4 Å². The van der Waals surface area contributed by atoms with Gasteiger partial charge in [-0.05, 0) is 20.9 Å². The molecule has 2 rings (SSSR count). The van der Waals surface area contributed by atoms with E-state index in [2.05, 4.69) is 14.9 Å². The Bertz CT molecular complexity index is 555. The fourth-order valence-electron chi connectivity index (χ4n) is 2.01. The molecule has 2 N–H and O–H groups in total. The number of anilines is 1. The highest BCUT2D eigenvalue weighted by molar-refractivity contribution is 7.89. The first-order valence-corrected chi connectivity index (χ1v) is 7.46. The van der Waals surface area contributed by atoms with E-state index < -0.39 is 10.0 Å². The van der Waals surface area contributed by atoms with Crippen molar-refractivity contribution in [2.75, 3.05) is 32.4 Å². The molecular formula is C11H19N5O2S. The Balaban J connectivity index is 2.28. The van der Waals surface area contributed by atoms with Gasteiger partial charge in [0, 0.05) is 25.2 Å². The Morgan fingerprint density at radius 3 is 2.37 bits per heavy atom. The molecule has 8 heteroatoms. The molecule has 0 saturated carbocycles. The number of hydrogen-bond donors (Lipinski definition) is 1. The lowest BCUT2D eigenvalue weighted by Crippen LogP contribution is -2.58. The first kappa shape index (κ1) is 14.2. The molecule has 0 bridgehead atoms. The number of rotatable bonds is 2. The van der Waals surface area contributed by atoms with E-state index in [0.29, 0.717) is 19.6 Å². The predicted octanol–water partition coefficient (Wildman–Crippen LogP) is -0.226. The summed E-state index contributed by atoms with van der Waals surface area (Å²) < 4.78 is 26.4. The lowest BCUT2D eigenvalue weighted by atomic mass is 10.0. The summed E-state index contributed by atoms with van der Waals surface area (Å²) in [6.07, 6.45) is 2.51. The fourth-order valence-corrected chi connectivity index (χ4v) is 3.49. The molecule has 0 aromatic carbocycles. The summed E-state index contributed by atoms with van der Waals surface area (Å²) in [7, 11) is -1.55. The Labute approximate surface area is 113 Å². The van der Waals surface area contributed by atoms with E-state index in [-0.39, 0.29) is 16.4 Å². The minimum absolute atomic E-state index is 0.0673. The molecule has 106 valence electrons. The van der Waals surface area contributed by atoms with Crippen molar-refractivity contribution in [1.82, 2.24) is 19.2 Å². The third kappa shape index (κ3) is 2.70. The second kappa shape index (κ2) is 4.69. The van der Waals surface area contributed by atoms with Crippen LogP contribution in [0.15, 0.2) is 17.3 Å². The van der Waals surface area contributed by atoms with E-state index in [0.717, 1.165) is 0 Å². The van der Waals surface area contributed by atoms with Crippen LogP contribution in [0.25, 0.3) is 0 Å². The molecule has 1 saturated heterocycles. The van der Waals surface area contributed by atoms with Crippen molar-refractivity contribution in [2.45, 2.75) is 24.3 Å². The number of aromatic nitrogens is 2. The molecule has 1 aliphatic heterocycles. The molecule has 1 aromatic rings. The van der Waals surface area contributed by atoms with Gasteiger partial charge in [0.25, 0.3) is 0 Å². The van der Waals surface area contributed by atoms with Gasteiger partial charge in [-0.15, -0.1) is 0 Å². The molecule has 19 heavy (non-hydrogen) atoms. The number of sulfonamides is 1. The molecule has 0 aliphatic carbocycles. The van der Waals surface area contributed by atoms with Gasteiger partial charge in [0.05, 0.1) is 12.4 Å². The fraction of sp³-hybridized carbons (Fsp3) is 0.636. The highest BCUT2D eigenvalue weighted by Gasteiger charge is 2.37. The van der Waals surface area contributed by atoms with E-state index in [1.807, 2.05) is 20.9 Å². The lowest BCUT2D eigenvalue weighted by molar-refractivity contribution is 0.0801. The summed E-state index contributed by atoms with van der Waals surface area (Å²) in [4.78, 5) is 9.72. The van der Waals surface area contributed by atoms with Crippen LogP contribution in [0.3, 0.4) is 0 Å². The summed E-state index contributed by atoms with van der Waals surface area (Å²) in [5.74, 6) is 0.0673. The van der Waals surface area contributed by atoms with Crippen LogP contribution in [-0.4, -0.2) is 59.8 Å². The van der Waals surface area contributed by atoms with Crippen molar-refractivity contribution in [1.29, 1.82) is 0 Å². The topological polar surface area (TPSA) is 92.4 Å². The standard InChI is InChI=1S/C11H19N5O2S/c1-11(2)8-16(5-4-15(11)3)19(17,18)9-6-13-10(12)14-7-9/h6-7H,4-5,8H2,1-3H3,(H2,12,13,14). The van der Waals surface area contributed by atoms with Crippen molar-refractivity contribution < 1.29 is 8.42 Å². The molecule has 0 unspecified atom stereocenters. The second-order valence-electron chi connectivity index (χ2n) is 5.35. The van der Waals surface area contributed by atoms with Crippen molar-refractivity contribution in [3.63, 3.8) is 0 Å². The summed E-state index contributed by atoms with van der Waals surface area (Å²) in [6.45, 7) is 5.65.